The van der Waals surface area contributed by atoms with Crippen LogP contribution in [0.4, 0.5) is 4.79 Å². The van der Waals surface area contributed by atoms with Gasteiger partial charge in [-0.2, -0.15) is 11.3 Å². The highest BCUT2D eigenvalue weighted by atomic mass is 32.1. The number of carbonyl (C=O) groups is 2. The number of urea groups is 1. The Morgan fingerprint density at radius 3 is 2.68 bits per heavy atom. The van der Waals surface area contributed by atoms with Crippen LogP contribution in [0, 0.1) is 5.92 Å². The zero-order chi connectivity index (χ0) is 13.8. The molecule has 104 valence electrons. The van der Waals surface area contributed by atoms with Gasteiger partial charge in [-0.25, -0.2) is 4.79 Å². The largest absolute Gasteiger partial charge is 0.481 e. The van der Waals surface area contributed by atoms with Crippen LogP contribution < -0.4 is 5.32 Å². The number of nitrogens with one attached hydrogen (secondary N) is 1. The van der Waals surface area contributed by atoms with Crippen LogP contribution in [0.15, 0.2) is 16.8 Å². The van der Waals surface area contributed by atoms with E-state index in [0.29, 0.717) is 25.9 Å². The predicted octanol–water partition coefficient (Wildman–Crippen LogP) is 2.32. The number of hydrogen-bond donors (Lipinski definition) is 2. The van der Waals surface area contributed by atoms with Crippen molar-refractivity contribution in [2.24, 2.45) is 5.92 Å². The minimum Gasteiger partial charge on any atom is -0.481 e. The van der Waals surface area contributed by atoms with Gasteiger partial charge in [-0.3, -0.25) is 4.79 Å². The van der Waals surface area contributed by atoms with Gasteiger partial charge in [-0.1, -0.05) is 0 Å². The van der Waals surface area contributed by atoms with Gasteiger partial charge in [0.05, 0.1) is 12.0 Å². The molecule has 1 aliphatic heterocycles. The van der Waals surface area contributed by atoms with Crippen LogP contribution in [-0.4, -0.2) is 35.1 Å². The SMILES string of the molecule is CC(NC(=O)N1CCC(C(=O)O)CC1)c1ccsc1. The molecule has 5 nitrogen and oxygen atoms in total. The number of thiophene rings is 1. The molecule has 2 amide bonds. The number of amides is 2. The zero-order valence-electron chi connectivity index (χ0n) is 10.8. The summed E-state index contributed by atoms with van der Waals surface area (Å²) in [6.45, 7) is 2.97. The molecule has 0 radical (unpaired) electrons. The van der Waals surface area contributed by atoms with E-state index in [1.807, 2.05) is 23.8 Å². The summed E-state index contributed by atoms with van der Waals surface area (Å²) in [7, 11) is 0. The molecule has 1 atom stereocenters. The monoisotopic (exact) mass is 282 g/mol. The van der Waals surface area contributed by atoms with E-state index in [1.54, 1.807) is 16.2 Å². The summed E-state index contributed by atoms with van der Waals surface area (Å²) in [6, 6.07) is 1.87. The molecule has 19 heavy (non-hydrogen) atoms. The third-order valence-electron chi connectivity index (χ3n) is 3.51. The maximum Gasteiger partial charge on any atom is 0.317 e. The lowest BCUT2D eigenvalue weighted by Crippen LogP contribution is -2.46. The second-order valence-electron chi connectivity index (χ2n) is 4.83. The standard InChI is InChI=1S/C13H18N2O3S/c1-9(11-4-7-19-8-11)14-13(18)15-5-2-10(3-6-15)12(16)17/h4,7-10H,2-3,5-6H2,1H3,(H,14,18)(H,16,17). The highest BCUT2D eigenvalue weighted by Gasteiger charge is 2.27. The highest BCUT2D eigenvalue weighted by molar-refractivity contribution is 7.07. The molecule has 1 aromatic rings. The quantitative estimate of drug-likeness (QED) is 0.894. The number of carboxylic acid groups (broad SMARTS) is 1. The van der Waals surface area contributed by atoms with Crippen LogP contribution in [0.2, 0.25) is 0 Å². The third-order valence-corrected chi connectivity index (χ3v) is 4.22. The lowest BCUT2D eigenvalue weighted by atomic mass is 9.97. The Labute approximate surface area is 116 Å². The minimum absolute atomic E-state index is 0.0176. The predicted molar refractivity (Wildman–Crippen MR) is 73.2 cm³/mol. The number of hydrogen-bond acceptors (Lipinski definition) is 3. The number of nitrogens with zero attached hydrogens (tertiary/aromatic N) is 1. The number of carbonyl (C=O) groups excluding carboxylic acids is 1. The van der Waals surface area contributed by atoms with Crippen LogP contribution in [-0.2, 0) is 4.79 Å². The highest BCUT2D eigenvalue weighted by Crippen LogP contribution is 2.19. The zero-order valence-corrected chi connectivity index (χ0v) is 11.7. The number of likely N-dealkylation sites (tertiary alicyclic amines) is 1. The first-order valence-corrected chi connectivity index (χ1v) is 7.32. The fourth-order valence-corrected chi connectivity index (χ4v) is 2.96. The molecule has 2 rings (SSSR count). The Hall–Kier alpha value is -1.56. The molecule has 0 bridgehead atoms. The van der Waals surface area contributed by atoms with Gasteiger partial charge >= 0.3 is 12.0 Å². The van der Waals surface area contributed by atoms with Crippen molar-refractivity contribution in [1.82, 2.24) is 10.2 Å². The molecule has 1 saturated heterocycles. The van der Waals surface area contributed by atoms with E-state index in [2.05, 4.69) is 5.32 Å². The van der Waals surface area contributed by atoms with Crippen LogP contribution in [0.5, 0.6) is 0 Å². The van der Waals surface area contributed by atoms with Crippen LogP contribution in [0.1, 0.15) is 31.4 Å². The third kappa shape index (κ3) is 3.47. The Morgan fingerprint density at radius 1 is 1.47 bits per heavy atom. The maximum absolute atomic E-state index is 12.1. The molecule has 0 aliphatic carbocycles. The molecule has 2 N–H and O–H groups in total. The number of aliphatic carboxylic acids is 1. The van der Waals surface area contributed by atoms with Gasteiger partial charge < -0.3 is 15.3 Å². The second-order valence-corrected chi connectivity index (χ2v) is 5.61. The van der Waals surface area contributed by atoms with Crippen molar-refractivity contribution in [2.45, 2.75) is 25.8 Å². The van der Waals surface area contributed by atoms with Crippen molar-refractivity contribution in [2.75, 3.05) is 13.1 Å². The molecular weight excluding hydrogens is 264 g/mol. The van der Waals surface area contributed by atoms with E-state index in [9.17, 15) is 9.59 Å². The summed E-state index contributed by atoms with van der Waals surface area (Å²) >= 11 is 1.60. The van der Waals surface area contributed by atoms with E-state index in [4.69, 9.17) is 5.11 Å². The molecule has 0 spiro atoms. The summed E-state index contributed by atoms with van der Waals surface area (Å²) in [4.78, 5) is 24.6. The van der Waals surface area contributed by atoms with Crippen molar-refractivity contribution in [3.8, 4) is 0 Å². The van der Waals surface area contributed by atoms with E-state index in [1.165, 1.54) is 0 Å². The molecule has 2 heterocycles. The van der Waals surface area contributed by atoms with E-state index < -0.39 is 5.97 Å². The molecule has 6 heteroatoms. The van der Waals surface area contributed by atoms with Crippen LogP contribution in [0.3, 0.4) is 0 Å². The minimum atomic E-state index is -0.758. The summed E-state index contributed by atoms with van der Waals surface area (Å²) in [6.07, 6.45) is 1.07. The van der Waals surface area contributed by atoms with Gasteiger partial charge in [0, 0.05) is 13.1 Å². The molecule has 1 aromatic heterocycles. The Bertz CT molecular complexity index is 439. The first-order chi connectivity index (χ1) is 9.08. The van der Waals surface area contributed by atoms with Gasteiger partial charge in [0.25, 0.3) is 0 Å². The summed E-state index contributed by atoms with van der Waals surface area (Å²) in [5.41, 5.74) is 1.10. The Balaban J connectivity index is 1.83. The normalized spacial score (nSPS) is 18.1. The number of rotatable bonds is 3. The smallest absolute Gasteiger partial charge is 0.317 e. The van der Waals surface area contributed by atoms with Gasteiger partial charge in [0.2, 0.25) is 0 Å². The van der Waals surface area contributed by atoms with Gasteiger partial charge in [0.1, 0.15) is 0 Å². The molecule has 0 aromatic carbocycles. The lowest BCUT2D eigenvalue weighted by molar-refractivity contribution is -0.143. The van der Waals surface area contributed by atoms with E-state index in [-0.39, 0.29) is 18.0 Å². The van der Waals surface area contributed by atoms with Gasteiger partial charge in [-0.05, 0) is 42.2 Å². The number of piperidine rings is 1. The molecule has 0 saturated carbocycles. The van der Waals surface area contributed by atoms with Crippen molar-refractivity contribution in [3.05, 3.63) is 22.4 Å². The summed E-state index contributed by atoms with van der Waals surface area (Å²) < 4.78 is 0. The van der Waals surface area contributed by atoms with Crippen LogP contribution in [0.25, 0.3) is 0 Å². The van der Waals surface area contributed by atoms with E-state index in [0.717, 1.165) is 5.56 Å². The molecular formula is C13H18N2O3S. The Kier molecular flexibility index (Phi) is 4.42. The topological polar surface area (TPSA) is 69.6 Å². The number of carboxylic acids is 1. The maximum atomic E-state index is 12.1. The first-order valence-electron chi connectivity index (χ1n) is 6.38. The van der Waals surface area contributed by atoms with E-state index >= 15 is 0 Å². The molecule has 1 unspecified atom stereocenters. The average molecular weight is 282 g/mol. The van der Waals surface area contributed by atoms with Gasteiger partial charge in [-0.15, -0.1) is 0 Å². The average Bonchev–Trinajstić information content (AvgIpc) is 2.92. The summed E-state index contributed by atoms with van der Waals surface area (Å²) in [5, 5.41) is 15.9. The molecule has 1 aliphatic rings. The van der Waals surface area contributed by atoms with Crippen LogP contribution >= 0.6 is 11.3 Å². The summed E-state index contributed by atoms with van der Waals surface area (Å²) in [5.74, 6) is -1.06. The molecule has 1 fully saturated rings. The van der Waals surface area contributed by atoms with Gasteiger partial charge in [0.15, 0.2) is 0 Å². The van der Waals surface area contributed by atoms with Crippen molar-refractivity contribution in [1.29, 1.82) is 0 Å². The first kappa shape index (κ1) is 13.9. The fraction of sp³-hybridized carbons (Fsp3) is 0.538. The lowest BCUT2D eigenvalue weighted by Gasteiger charge is -2.31. The second kappa shape index (κ2) is 6.06. The fourth-order valence-electron chi connectivity index (χ4n) is 2.21. The Morgan fingerprint density at radius 2 is 2.16 bits per heavy atom. The van der Waals surface area contributed by atoms with Crippen molar-refractivity contribution in [3.63, 3.8) is 0 Å². The van der Waals surface area contributed by atoms with Crippen molar-refractivity contribution >= 4 is 23.3 Å². The van der Waals surface area contributed by atoms with Crippen molar-refractivity contribution < 1.29 is 14.7 Å².